The number of hydrogen-bond acceptors (Lipinski definition) is 3. The average molecular weight is 440 g/mol. The number of aryl methyl sites for hydroxylation is 1. The fraction of sp³-hybridized carbons (Fsp3) is 0.235. The third kappa shape index (κ3) is 4.72. The summed E-state index contributed by atoms with van der Waals surface area (Å²) in [5, 5.41) is 3.16. The lowest BCUT2D eigenvalue weighted by molar-refractivity contribution is 0.787. The highest BCUT2D eigenvalue weighted by molar-refractivity contribution is 9.10. The van der Waals surface area contributed by atoms with Crippen LogP contribution in [0.1, 0.15) is 13.8 Å². The highest BCUT2D eigenvalue weighted by Crippen LogP contribution is 2.22. The Kier molecular flexibility index (Phi) is 6.47. The number of fused-ring (bicyclic) bond motifs is 1. The molecule has 0 saturated carbocycles. The molecule has 0 aliphatic rings. The van der Waals surface area contributed by atoms with Gasteiger partial charge in [-0.2, -0.15) is 0 Å². The topological polar surface area (TPSA) is 55.9 Å². The summed E-state index contributed by atoms with van der Waals surface area (Å²) in [4.78, 5) is 4.28. The molecule has 0 amide bonds. The minimum atomic E-state index is 0.779. The average Bonchev–Trinajstić information content (AvgIpc) is 2.93. The number of nitrogen functional groups attached to an aromatic ring is 1. The number of aromatic nitrogens is 2. The van der Waals surface area contributed by atoms with E-state index >= 15 is 0 Å². The smallest absolute Gasteiger partial charge is 0.0958 e. The van der Waals surface area contributed by atoms with Crippen molar-refractivity contribution >= 4 is 54.3 Å². The minimum absolute atomic E-state index is 0.779. The SMILES string of the molecule is CCNc1ccc(Br)cc1N.CCn1cnc2cc(Br)ccc21. The molecule has 3 rings (SSSR count). The van der Waals surface area contributed by atoms with Gasteiger partial charge in [-0.05, 0) is 50.2 Å². The molecule has 0 spiro atoms. The number of hydrogen-bond donors (Lipinski definition) is 2. The molecule has 0 bridgehead atoms. The Morgan fingerprint density at radius 1 is 1.09 bits per heavy atom. The van der Waals surface area contributed by atoms with E-state index in [-0.39, 0.29) is 0 Å². The largest absolute Gasteiger partial charge is 0.397 e. The summed E-state index contributed by atoms with van der Waals surface area (Å²) in [5.41, 5.74) is 9.73. The molecule has 3 aromatic rings. The van der Waals surface area contributed by atoms with Crippen molar-refractivity contribution in [2.45, 2.75) is 20.4 Å². The highest BCUT2D eigenvalue weighted by Gasteiger charge is 2.00. The monoisotopic (exact) mass is 438 g/mol. The quantitative estimate of drug-likeness (QED) is 0.545. The number of nitrogens with zero attached hydrogens (tertiary/aromatic N) is 2. The summed E-state index contributed by atoms with van der Waals surface area (Å²) in [7, 11) is 0. The number of benzene rings is 2. The Hall–Kier alpha value is -1.53. The van der Waals surface area contributed by atoms with Crippen molar-refractivity contribution in [2.75, 3.05) is 17.6 Å². The third-order valence-corrected chi connectivity index (χ3v) is 4.29. The van der Waals surface area contributed by atoms with Gasteiger partial charge in [0, 0.05) is 22.0 Å². The molecule has 122 valence electrons. The first-order chi connectivity index (χ1) is 11.0. The van der Waals surface area contributed by atoms with Crippen LogP contribution in [0.5, 0.6) is 0 Å². The molecule has 1 aromatic heterocycles. The van der Waals surface area contributed by atoms with Gasteiger partial charge in [-0.25, -0.2) is 4.98 Å². The predicted molar refractivity (Wildman–Crippen MR) is 106 cm³/mol. The van der Waals surface area contributed by atoms with E-state index < -0.39 is 0 Å². The molecule has 0 radical (unpaired) electrons. The molecule has 3 N–H and O–H groups in total. The van der Waals surface area contributed by atoms with Crippen molar-refractivity contribution in [2.24, 2.45) is 0 Å². The predicted octanol–water partition coefficient (Wildman–Crippen LogP) is 5.28. The zero-order chi connectivity index (χ0) is 16.8. The van der Waals surface area contributed by atoms with Gasteiger partial charge in [0.1, 0.15) is 0 Å². The van der Waals surface area contributed by atoms with Crippen LogP contribution in [0, 0.1) is 0 Å². The van der Waals surface area contributed by atoms with Crippen molar-refractivity contribution < 1.29 is 0 Å². The fourth-order valence-electron chi connectivity index (χ4n) is 2.17. The van der Waals surface area contributed by atoms with E-state index in [0.29, 0.717) is 0 Å². The summed E-state index contributed by atoms with van der Waals surface area (Å²) in [6.07, 6.45) is 1.87. The lowest BCUT2D eigenvalue weighted by atomic mass is 10.3. The zero-order valence-electron chi connectivity index (χ0n) is 13.2. The number of nitrogens with two attached hydrogens (primary N) is 1. The van der Waals surface area contributed by atoms with Crippen LogP contribution >= 0.6 is 31.9 Å². The van der Waals surface area contributed by atoms with Crippen LogP contribution in [-0.2, 0) is 6.54 Å². The minimum Gasteiger partial charge on any atom is -0.397 e. The molecule has 0 saturated heterocycles. The third-order valence-electron chi connectivity index (χ3n) is 3.30. The van der Waals surface area contributed by atoms with Gasteiger partial charge in [0.25, 0.3) is 0 Å². The van der Waals surface area contributed by atoms with Gasteiger partial charge in [0.15, 0.2) is 0 Å². The number of imidazole rings is 1. The summed E-state index contributed by atoms with van der Waals surface area (Å²) >= 11 is 6.75. The van der Waals surface area contributed by atoms with Crippen molar-refractivity contribution in [1.82, 2.24) is 9.55 Å². The Morgan fingerprint density at radius 3 is 2.43 bits per heavy atom. The second kappa shape index (κ2) is 8.36. The van der Waals surface area contributed by atoms with Crippen molar-refractivity contribution in [3.05, 3.63) is 51.7 Å². The number of rotatable bonds is 3. The van der Waals surface area contributed by atoms with Crippen LogP contribution in [-0.4, -0.2) is 16.1 Å². The first-order valence-corrected chi connectivity index (χ1v) is 9.03. The molecule has 4 nitrogen and oxygen atoms in total. The lowest BCUT2D eigenvalue weighted by Gasteiger charge is -2.06. The molecule has 2 aromatic carbocycles. The second-order valence-electron chi connectivity index (χ2n) is 4.93. The van der Waals surface area contributed by atoms with E-state index in [0.717, 1.165) is 38.9 Å². The maximum atomic E-state index is 5.71. The van der Waals surface area contributed by atoms with E-state index in [1.54, 1.807) is 0 Å². The van der Waals surface area contributed by atoms with Crippen LogP contribution in [0.3, 0.4) is 0 Å². The Morgan fingerprint density at radius 2 is 1.78 bits per heavy atom. The van der Waals surface area contributed by atoms with Gasteiger partial charge in [-0.3, -0.25) is 0 Å². The zero-order valence-corrected chi connectivity index (χ0v) is 16.4. The van der Waals surface area contributed by atoms with Gasteiger partial charge < -0.3 is 15.6 Å². The van der Waals surface area contributed by atoms with Crippen LogP contribution in [0.4, 0.5) is 11.4 Å². The molecule has 0 aliphatic heterocycles. The molecule has 0 aliphatic carbocycles. The standard InChI is InChI=1S/C9H9BrN2.C8H11BrN2/c1-2-12-6-11-8-5-7(10)3-4-9(8)12;1-2-11-8-4-3-6(9)5-7(8)10/h3-6H,2H2,1H3;3-5,11H,2,10H2,1H3. The van der Waals surface area contributed by atoms with E-state index in [1.165, 1.54) is 5.52 Å². The molecule has 23 heavy (non-hydrogen) atoms. The molecule has 6 heteroatoms. The van der Waals surface area contributed by atoms with E-state index in [9.17, 15) is 0 Å². The summed E-state index contributed by atoms with van der Waals surface area (Å²) in [5.74, 6) is 0. The summed E-state index contributed by atoms with van der Waals surface area (Å²) < 4.78 is 4.22. The number of nitrogens with one attached hydrogen (secondary N) is 1. The normalized spacial score (nSPS) is 10.3. The summed E-state index contributed by atoms with van der Waals surface area (Å²) in [6, 6.07) is 12.0. The maximum absolute atomic E-state index is 5.71. The highest BCUT2D eigenvalue weighted by atomic mass is 79.9. The Labute approximate surface area is 153 Å². The number of halogens is 2. The number of anilines is 2. The van der Waals surface area contributed by atoms with Crippen molar-refractivity contribution in [3.63, 3.8) is 0 Å². The van der Waals surface area contributed by atoms with Crippen molar-refractivity contribution in [3.8, 4) is 0 Å². The van der Waals surface area contributed by atoms with Gasteiger partial charge in [-0.1, -0.05) is 31.9 Å². The van der Waals surface area contributed by atoms with E-state index in [1.807, 2.05) is 43.6 Å². The molecule has 0 unspecified atom stereocenters. The van der Waals surface area contributed by atoms with Crippen LogP contribution in [0.2, 0.25) is 0 Å². The molecular weight excluding hydrogens is 420 g/mol. The van der Waals surface area contributed by atoms with E-state index in [4.69, 9.17) is 5.73 Å². The molecule has 0 atom stereocenters. The maximum Gasteiger partial charge on any atom is 0.0958 e. The molecular formula is C17H20Br2N4. The van der Waals surface area contributed by atoms with Crippen LogP contribution in [0.15, 0.2) is 51.7 Å². The summed E-state index contributed by atoms with van der Waals surface area (Å²) in [6.45, 7) is 6.02. The van der Waals surface area contributed by atoms with Crippen LogP contribution < -0.4 is 11.1 Å². The Balaban J connectivity index is 0.000000168. The van der Waals surface area contributed by atoms with Gasteiger partial charge in [-0.15, -0.1) is 0 Å². The fourth-order valence-corrected chi connectivity index (χ4v) is 2.90. The van der Waals surface area contributed by atoms with E-state index in [2.05, 4.69) is 59.7 Å². The molecule has 1 heterocycles. The first-order valence-electron chi connectivity index (χ1n) is 7.44. The molecule has 0 fully saturated rings. The first kappa shape index (κ1) is 17.8. The Bertz CT molecular complexity index is 783. The lowest BCUT2D eigenvalue weighted by Crippen LogP contribution is -2.00. The van der Waals surface area contributed by atoms with Gasteiger partial charge >= 0.3 is 0 Å². The second-order valence-corrected chi connectivity index (χ2v) is 6.76. The van der Waals surface area contributed by atoms with Crippen LogP contribution in [0.25, 0.3) is 11.0 Å². The van der Waals surface area contributed by atoms with Gasteiger partial charge in [0.2, 0.25) is 0 Å². The van der Waals surface area contributed by atoms with Crippen molar-refractivity contribution in [1.29, 1.82) is 0 Å². The van der Waals surface area contributed by atoms with Gasteiger partial charge in [0.05, 0.1) is 28.7 Å².